The number of hydrogen-bond acceptors (Lipinski definition) is 4. The number of hydrogen-bond donors (Lipinski definition) is 2. The maximum atomic E-state index is 13.3. The number of aryl methyl sites for hydroxylation is 2. The Kier molecular flexibility index (Phi) is 8.53. The molecule has 32 heavy (non-hydrogen) atoms. The van der Waals surface area contributed by atoms with Crippen molar-refractivity contribution in [3.8, 4) is 0 Å². The first-order valence-electron chi connectivity index (χ1n) is 11.3. The third-order valence-electron chi connectivity index (χ3n) is 6.11. The Bertz CT molecular complexity index is 1020. The van der Waals surface area contributed by atoms with E-state index in [9.17, 15) is 8.42 Å². The highest BCUT2D eigenvalue weighted by molar-refractivity contribution is 7.93. The number of piperidine rings is 1. The summed E-state index contributed by atoms with van der Waals surface area (Å²) >= 11 is 12.9. The molecule has 9 heteroatoms. The molecule has 0 unspecified atom stereocenters. The van der Waals surface area contributed by atoms with Crippen molar-refractivity contribution in [1.29, 1.82) is 0 Å². The molecule has 2 N–H and O–H groups in total. The number of nitrogens with zero attached hydrogens (tertiary/aromatic N) is 2. The van der Waals surface area contributed by atoms with Crippen LogP contribution in [0.5, 0.6) is 0 Å². The third-order valence-corrected chi connectivity index (χ3v) is 8.38. The van der Waals surface area contributed by atoms with E-state index in [1.165, 1.54) is 12.8 Å². The number of benzene rings is 1. The molecule has 0 saturated carbocycles. The molecule has 0 radical (unpaired) electrons. The van der Waals surface area contributed by atoms with Gasteiger partial charge in [-0.15, -0.1) is 0 Å². The van der Waals surface area contributed by atoms with Crippen molar-refractivity contribution in [2.45, 2.75) is 64.2 Å². The third kappa shape index (κ3) is 6.19. The summed E-state index contributed by atoms with van der Waals surface area (Å²) in [6.07, 6.45) is 6.13. The van der Waals surface area contributed by atoms with E-state index in [1.54, 1.807) is 23.9 Å². The van der Waals surface area contributed by atoms with Gasteiger partial charge in [-0.05, 0) is 81.6 Å². The lowest BCUT2D eigenvalue weighted by atomic mass is 9.92. The van der Waals surface area contributed by atoms with Crippen LogP contribution in [-0.2, 0) is 29.9 Å². The summed E-state index contributed by atoms with van der Waals surface area (Å²) in [5.41, 5.74) is 2.92. The number of halogens is 2. The lowest BCUT2D eigenvalue weighted by Crippen LogP contribution is -2.27. The molecule has 1 saturated heterocycles. The lowest BCUT2D eigenvalue weighted by molar-refractivity contribution is 0.347. The Morgan fingerprint density at radius 1 is 1.22 bits per heavy atom. The first-order chi connectivity index (χ1) is 15.1. The molecule has 1 fully saturated rings. The monoisotopic (exact) mass is 500 g/mol. The zero-order chi connectivity index (χ0) is 23.5. The smallest absolute Gasteiger partial charge is 0.264 e. The van der Waals surface area contributed by atoms with Crippen molar-refractivity contribution in [2.24, 2.45) is 18.9 Å². The van der Waals surface area contributed by atoms with Gasteiger partial charge >= 0.3 is 0 Å². The van der Waals surface area contributed by atoms with Gasteiger partial charge in [-0.2, -0.15) is 5.10 Å². The molecule has 3 rings (SSSR count). The van der Waals surface area contributed by atoms with Crippen molar-refractivity contribution in [3.63, 3.8) is 0 Å². The predicted octanol–water partition coefficient (Wildman–Crippen LogP) is 5.36. The first-order valence-corrected chi connectivity index (χ1v) is 13.6. The Labute approximate surface area is 202 Å². The molecule has 6 nitrogen and oxygen atoms in total. The van der Waals surface area contributed by atoms with Gasteiger partial charge < -0.3 is 5.32 Å². The molecule has 1 aliphatic rings. The Hall–Kier alpha value is -1.28. The minimum atomic E-state index is -3.97. The van der Waals surface area contributed by atoms with Crippen LogP contribution in [-0.4, -0.2) is 31.3 Å². The van der Waals surface area contributed by atoms with E-state index in [1.807, 2.05) is 6.92 Å². The molecule has 0 bridgehead atoms. The normalized spacial score (nSPS) is 15.5. The fraction of sp³-hybridized carbons (Fsp3) is 0.609. The number of sulfonamides is 1. The number of nitrogens with one attached hydrogen (secondary N) is 2. The van der Waals surface area contributed by atoms with Crippen LogP contribution in [0.15, 0.2) is 17.0 Å². The summed E-state index contributed by atoms with van der Waals surface area (Å²) < 4.78 is 30.9. The van der Waals surface area contributed by atoms with E-state index in [2.05, 4.69) is 29.0 Å². The Morgan fingerprint density at radius 3 is 2.44 bits per heavy atom. The van der Waals surface area contributed by atoms with Crippen LogP contribution in [0.2, 0.25) is 10.0 Å². The topological polar surface area (TPSA) is 76.0 Å². The Balaban J connectivity index is 1.77. The number of aromatic nitrogens is 2. The summed E-state index contributed by atoms with van der Waals surface area (Å²) in [7, 11) is -2.17. The molecule has 0 atom stereocenters. The van der Waals surface area contributed by atoms with E-state index in [0.717, 1.165) is 49.5 Å². The number of rotatable bonds is 9. The minimum absolute atomic E-state index is 0.0818. The summed E-state index contributed by atoms with van der Waals surface area (Å²) in [6, 6.07) is 3.46. The van der Waals surface area contributed by atoms with Gasteiger partial charge in [0.05, 0.1) is 27.1 Å². The van der Waals surface area contributed by atoms with E-state index in [4.69, 9.17) is 23.2 Å². The first kappa shape index (κ1) is 25.3. The van der Waals surface area contributed by atoms with Crippen molar-refractivity contribution in [1.82, 2.24) is 15.1 Å². The predicted molar refractivity (Wildman–Crippen MR) is 132 cm³/mol. The van der Waals surface area contributed by atoms with Gasteiger partial charge in [0.1, 0.15) is 4.90 Å². The largest absolute Gasteiger partial charge is 0.317 e. The van der Waals surface area contributed by atoms with Crippen LogP contribution in [0.25, 0.3) is 0 Å². The van der Waals surface area contributed by atoms with E-state index in [0.29, 0.717) is 23.7 Å². The van der Waals surface area contributed by atoms with Gasteiger partial charge in [0.25, 0.3) is 10.0 Å². The van der Waals surface area contributed by atoms with E-state index < -0.39 is 10.0 Å². The average molecular weight is 502 g/mol. The molecule has 1 aromatic carbocycles. The fourth-order valence-corrected chi connectivity index (χ4v) is 6.71. The molecule has 2 heterocycles. The zero-order valence-corrected chi connectivity index (χ0v) is 21.7. The summed E-state index contributed by atoms with van der Waals surface area (Å²) in [5, 5.41) is 8.16. The lowest BCUT2D eigenvalue weighted by Gasteiger charge is -2.22. The van der Waals surface area contributed by atoms with E-state index >= 15 is 0 Å². The maximum Gasteiger partial charge on any atom is 0.264 e. The molecule has 0 spiro atoms. The SMILES string of the molecule is Cc1c(NS(=O)(=O)c2c(Cl)cc(CCCC3CCNCC3)cc2Cl)c(CC(C)C)nn1C. The van der Waals surface area contributed by atoms with Gasteiger partial charge in [-0.1, -0.05) is 43.5 Å². The van der Waals surface area contributed by atoms with E-state index in [-0.39, 0.29) is 14.9 Å². The van der Waals surface area contributed by atoms with Crippen LogP contribution >= 0.6 is 23.2 Å². The van der Waals surface area contributed by atoms with Crippen molar-refractivity contribution >= 4 is 38.9 Å². The second kappa shape index (κ2) is 10.8. The van der Waals surface area contributed by atoms with Crippen LogP contribution < -0.4 is 10.0 Å². The second-order valence-corrected chi connectivity index (χ2v) is 11.6. The molecule has 2 aromatic rings. The van der Waals surface area contributed by atoms with Crippen LogP contribution in [0.1, 0.15) is 56.5 Å². The standard InChI is InChI=1S/C23H34Cl2N4O2S/c1-15(2)12-21-22(16(3)29(4)27-21)28-32(30,31)23-19(24)13-18(14-20(23)25)7-5-6-17-8-10-26-11-9-17/h13-15,17,26,28H,5-12H2,1-4H3. The Morgan fingerprint density at radius 2 is 1.84 bits per heavy atom. The van der Waals surface area contributed by atoms with Crippen LogP contribution in [0, 0.1) is 18.8 Å². The average Bonchev–Trinajstić information content (AvgIpc) is 2.94. The van der Waals surface area contributed by atoms with Crippen LogP contribution in [0.3, 0.4) is 0 Å². The van der Waals surface area contributed by atoms with Crippen LogP contribution in [0.4, 0.5) is 5.69 Å². The van der Waals surface area contributed by atoms with Gasteiger partial charge in [0.15, 0.2) is 0 Å². The van der Waals surface area contributed by atoms with Gasteiger partial charge in [0, 0.05) is 7.05 Å². The molecule has 0 amide bonds. The van der Waals surface area contributed by atoms with Gasteiger partial charge in [0.2, 0.25) is 0 Å². The van der Waals surface area contributed by atoms with Gasteiger partial charge in [-0.25, -0.2) is 8.42 Å². The summed E-state index contributed by atoms with van der Waals surface area (Å²) in [5.74, 6) is 1.10. The zero-order valence-electron chi connectivity index (χ0n) is 19.3. The number of anilines is 1. The maximum absolute atomic E-state index is 13.3. The molecule has 1 aliphatic heterocycles. The summed E-state index contributed by atoms with van der Waals surface area (Å²) in [6.45, 7) is 8.16. The highest BCUT2D eigenvalue weighted by atomic mass is 35.5. The van der Waals surface area contributed by atoms with Gasteiger partial charge in [-0.3, -0.25) is 9.40 Å². The fourth-order valence-electron chi connectivity index (χ4n) is 4.30. The van der Waals surface area contributed by atoms with Crippen molar-refractivity contribution < 1.29 is 8.42 Å². The van der Waals surface area contributed by atoms with Crippen molar-refractivity contribution in [2.75, 3.05) is 17.8 Å². The quantitative estimate of drug-likeness (QED) is 0.485. The highest BCUT2D eigenvalue weighted by Crippen LogP contribution is 2.34. The molecule has 178 valence electrons. The summed E-state index contributed by atoms with van der Waals surface area (Å²) in [4.78, 5) is -0.0818. The molecular weight excluding hydrogens is 467 g/mol. The van der Waals surface area contributed by atoms with Crippen molar-refractivity contribution in [3.05, 3.63) is 39.1 Å². The molecule has 0 aliphatic carbocycles. The minimum Gasteiger partial charge on any atom is -0.317 e. The highest BCUT2D eigenvalue weighted by Gasteiger charge is 2.26. The second-order valence-electron chi connectivity index (χ2n) is 9.21. The molecule has 1 aromatic heterocycles. The molecular formula is C23H34Cl2N4O2S.